The van der Waals surface area contributed by atoms with Crippen LogP contribution in [0, 0.1) is 17.8 Å². The molecule has 1 aromatic rings. The van der Waals surface area contributed by atoms with Gasteiger partial charge in [-0.3, -0.25) is 4.79 Å². The first kappa shape index (κ1) is 13.1. The van der Waals surface area contributed by atoms with Gasteiger partial charge in [0.25, 0.3) is 0 Å². The molecule has 0 bridgehead atoms. The maximum Gasteiger partial charge on any atom is 0.306 e. The van der Waals surface area contributed by atoms with Gasteiger partial charge in [-0.15, -0.1) is 0 Å². The van der Waals surface area contributed by atoms with Gasteiger partial charge in [-0.1, -0.05) is 45.0 Å². The van der Waals surface area contributed by atoms with Gasteiger partial charge in [-0.2, -0.15) is 0 Å². The van der Waals surface area contributed by atoms with Crippen molar-refractivity contribution in [2.45, 2.75) is 39.5 Å². The number of rotatable bonds is 5. The van der Waals surface area contributed by atoms with Gasteiger partial charge in [0.05, 0.1) is 5.92 Å². The number of carboxylic acid groups (broad SMARTS) is 1. The molecule has 18 heavy (non-hydrogen) atoms. The van der Waals surface area contributed by atoms with Gasteiger partial charge in [0.1, 0.15) is 0 Å². The number of aliphatic carboxylic acids is 1. The lowest BCUT2D eigenvalue weighted by molar-refractivity contribution is -0.139. The molecular formula is C16H22O2. The van der Waals surface area contributed by atoms with Crippen LogP contribution in [-0.2, 0) is 11.2 Å². The lowest BCUT2D eigenvalue weighted by Crippen LogP contribution is -2.08. The highest BCUT2D eigenvalue weighted by Gasteiger charge is 2.45. The van der Waals surface area contributed by atoms with Gasteiger partial charge < -0.3 is 5.11 Å². The average Bonchev–Trinajstić information content (AvgIpc) is 3.09. The van der Waals surface area contributed by atoms with Crippen molar-refractivity contribution in [2.75, 3.05) is 0 Å². The highest BCUT2D eigenvalue weighted by Crippen LogP contribution is 2.45. The van der Waals surface area contributed by atoms with Crippen molar-refractivity contribution in [3.05, 3.63) is 35.4 Å². The fourth-order valence-corrected chi connectivity index (χ4v) is 2.69. The number of hydrogen-bond donors (Lipinski definition) is 1. The molecule has 1 aromatic carbocycles. The molecular weight excluding hydrogens is 224 g/mol. The highest BCUT2D eigenvalue weighted by molar-refractivity contribution is 5.73. The highest BCUT2D eigenvalue weighted by atomic mass is 16.4. The molecule has 3 atom stereocenters. The van der Waals surface area contributed by atoms with Crippen LogP contribution in [0.2, 0.25) is 0 Å². The molecule has 0 radical (unpaired) electrons. The van der Waals surface area contributed by atoms with Gasteiger partial charge in [0, 0.05) is 0 Å². The molecule has 0 aromatic heterocycles. The summed E-state index contributed by atoms with van der Waals surface area (Å²) in [5.74, 6) is 0.705. The van der Waals surface area contributed by atoms with Gasteiger partial charge in [0.15, 0.2) is 0 Å². The normalized spacial score (nSPS) is 24.0. The molecule has 98 valence electrons. The Kier molecular flexibility index (Phi) is 3.74. The largest absolute Gasteiger partial charge is 0.481 e. The molecule has 2 nitrogen and oxygen atoms in total. The van der Waals surface area contributed by atoms with E-state index in [9.17, 15) is 4.79 Å². The first-order valence-electron chi connectivity index (χ1n) is 6.80. The Hall–Kier alpha value is -1.31. The molecule has 0 aliphatic heterocycles. The summed E-state index contributed by atoms with van der Waals surface area (Å²) >= 11 is 0. The van der Waals surface area contributed by atoms with E-state index in [4.69, 9.17) is 5.11 Å². The lowest BCUT2D eigenvalue weighted by Gasteiger charge is -2.12. The molecule has 1 aliphatic carbocycles. The fraction of sp³-hybridized carbons (Fsp3) is 0.562. The smallest absolute Gasteiger partial charge is 0.306 e. The summed E-state index contributed by atoms with van der Waals surface area (Å²) in [6.07, 6.45) is 1.85. The van der Waals surface area contributed by atoms with Crippen LogP contribution in [-0.4, -0.2) is 11.1 Å². The topological polar surface area (TPSA) is 37.3 Å². The standard InChI is InChI=1S/C16H22O2/c1-10(2)13-6-4-12(5-7-13)8-11(3)14-9-15(14)16(17)18/h4-7,10-11,14-15H,8-9H2,1-3H3,(H,17,18). The Balaban J connectivity index is 1.92. The quantitative estimate of drug-likeness (QED) is 0.860. The van der Waals surface area contributed by atoms with Crippen molar-refractivity contribution >= 4 is 5.97 Å². The van der Waals surface area contributed by atoms with E-state index in [0.717, 1.165) is 12.8 Å². The third kappa shape index (κ3) is 2.92. The van der Waals surface area contributed by atoms with Crippen LogP contribution >= 0.6 is 0 Å². The van der Waals surface area contributed by atoms with E-state index in [1.54, 1.807) is 0 Å². The third-order valence-electron chi connectivity index (χ3n) is 4.09. The summed E-state index contributed by atoms with van der Waals surface area (Å²) in [5.41, 5.74) is 2.68. The second-order valence-corrected chi connectivity index (χ2v) is 5.92. The number of carbonyl (C=O) groups is 1. The molecule has 1 N–H and O–H groups in total. The summed E-state index contributed by atoms with van der Waals surface area (Å²) in [6.45, 7) is 6.56. The lowest BCUT2D eigenvalue weighted by atomic mass is 9.93. The molecule has 3 unspecified atom stereocenters. The monoisotopic (exact) mass is 246 g/mol. The minimum atomic E-state index is -0.623. The molecule has 0 amide bonds. The predicted molar refractivity (Wildman–Crippen MR) is 72.6 cm³/mol. The fourth-order valence-electron chi connectivity index (χ4n) is 2.69. The number of carboxylic acids is 1. The maximum absolute atomic E-state index is 10.8. The SMILES string of the molecule is CC(C)c1ccc(CC(C)C2CC2C(=O)O)cc1. The molecule has 2 rings (SSSR count). The van der Waals surface area contributed by atoms with E-state index in [1.807, 2.05) is 0 Å². The van der Waals surface area contributed by atoms with E-state index >= 15 is 0 Å². The summed E-state index contributed by atoms with van der Waals surface area (Å²) in [4.78, 5) is 10.8. The summed E-state index contributed by atoms with van der Waals surface area (Å²) in [5, 5.41) is 8.94. The Morgan fingerprint density at radius 1 is 1.28 bits per heavy atom. The first-order valence-corrected chi connectivity index (χ1v) is 6.80. The van der Waals surface area contributed by atoms with E-state index in [-0.39, 0.29) is 5.92 Å². The molecule has 0 spiro atoms. The summed E-state index contributed by atoms with van der Waals surface area (Å²) in [6, 6.07) is 8.75. The Labute approximate surface area is 109 Å². The van der Waals surface area contributed by atoms with Crippen molar-refractivity contribution in [3.63, 3.8) is 0 Å². The minimum Gasteiger partial charge on any atom is -0.481 e. The van der Waals surface area contributed by atoms with Crippen LogP contribution in [0.1, 0.15) is 44.2 Å². The zero-order valence-electron chi connectivity index (χ0n) is 11.4. The number of hydrogen-bond acceptors (Lipinski definition) is 1. The Morgan fingerprint density at radius 2 is 1.89 bits per heavy atom. The van der Waals surface area contributed by atoms with Crippen LogP contribution in [0.5, 0.6) is 0 Å². The third-order valence-corrected chi connectivity index (χ3v) is 4.09. The van der Waals surface area contributed by atoms with Gasteiger partial charge in [-0.25, -0.2) is 0 Å². The van der Waals surface area contributed by atoms with Crippen LogP contribution in [0.15, 0.2) is 24.3 Å². The van der Waals surface area contributed by atoms with Gasteiger partial charge in [-0.05, 0) is 41.7 Å². The van der Waals surface area contributed by atoms with Gasteiger partial charge in [0.2, 0.25) is 0 Å². The molecule has 0 heterocycles. The second kappa shape index (κ2) is 5.13. The molecule has 0 saturated heterocycles. The van der Waals surface area contributed by atoms with Crippen LogP contribution in [0.3, 0.4) is 0 Å². The first-order chi connectivity index (χ1) is 8.49. The van der Waals surface area contributed by atoms with Crippen LogP contribution in [0.25, 0.3) is 0 Å². The molecule has 1 aliphatic rings. The second-order valence-electron chi connectivity index (χ2n) is 5.92. The van der Waals surface area contributed by atoms with Crippen LogP contribution in [0.4, 0.5) is 0 Å². The minimum absolute atomic E-state index is 0.0880. The van der Waals surface area contributed by atoms with Crippen molar-refractivity contribution < 1.29 is 9.90 Å². The predicted octanol–water partition coefficient (Wildman–Crippen LogP) is 3.71. The van der Waals surface area contributed by atoms with Crippen molar-refractivity contribution in [1.29, 1.82) is 0 Å². The van der Waals surface area contributed by atoms with Crippen molar-refractivity contribution in [1.82, 2.24) is 0 Å². The Bertz CT molecular complexity index is 419. The van der Waals surface area contributed by atoms with Gasteiger partial charge >= 0.3 is 5.97 Å². The average molecular weight is 246 g/mol. The van der Waals surface area contributed by atoms with Crippen LogP contribution < -0.4 is 0 Å². The Morgan fingerprint density at radius 3 is 2.33 bits per heavy atom. The van der Waals surface area contributed by atoms with E-state index in [0.29, 0.717) is 17.8 Å². The molecule has 1 saturated carbocycles. The zero-order chi connectivity index (χ0) is 13.3. The summed E-state index contributed by atoms with van der Waals surface area (Å²) < 4.78 is 0. The summed E-state index contributed by atoms with van der Waals surface area (Å²) in [7, 11) is 0. The van der Waals surface area contributed by atoms with E-state index in [1.165, 1.54) is 11.1 Å². The number of benzene rings is 1. The molecule has 1 fully saturated rings. The van der Waals surface area contributed by atoms with E-state index in [2.05, 4.69) is 45.0 Å². The maximum atomic E-state index is 10.8. The molecule has 2 heteroatoms. The van der Waals surface area contributed by atoms with Crippen molar-refractivity contribution in [3.8, 4) is 0 Å². The van der Waals surface area contributed by atoms with Crippen molar-refractivity contribution in [2.24, 2.45) is 17.8 Å². The van der Waals surface area contributed by atoms with E-state index < -0.39 is 5.97 Å². The zero-order valence-corrected chi connectivity index (χ0v) is 11.4.